The summed E-state index contributed by atoms with van der Waals surface area (Å²) in [6, 6.07) is 3.15. The van der Waals surface area contributed by atoms with Gasteiger partial charge in [-0.25, -0.2) is 4.98 Å². The van der Waals surface area contributed by atoms with Crippen LogP contribution in [0.1, 0.15) is 50.5 Å². The standard InChI is InChI=1S/C14H22N2O2/c1-10(2)6-4-7-11(3)16-14(18)13-12(17)8-5-9-15-13/h5,8-11,17H,4,6-7H2,1-3H3,(H,16,18). The number of rotatable bonds is 6. The lowest BCUT2D eigenvalue weighted by Crippen LogP contribution is -2.33. The van der Waals surface area contributed by atoms with Gasteiger partial charge in [0.2, 0.25) is 0 Å². The molecule has 4 nitrogen and oxygen atoms in total. The second kappa shape index (κ2) is 6.99. The topological polar surface area (TPSA) is 62.2 Å². The number of amides is 1. The number of pyridine rings is 1. The van der Waals surface area contributed by atoms with Crippen molar-refractivity contribution in [3.8, 4) is 5.75 Å². The molecule has 4 heteroatoms. The molecule has 0 bridgehead atoms. The quantitative estimate of drug-likeness (QED) is 0.816. The number of carbonyl (C=O) groups is 1. The van der Waals surface area contributed by atoms with Gasteiger partial charge >= 0.3 is 0 Å². The molecule has 1 heterocycles. The second-order valence-corrected chi connectivity index (χ2v) is 5.07. The number of nitrogens with one attached hydrogen (secondary N) is 1. The van der Waals surface area contributed by atoms with Gasteiger partial charge in [-0.1, -0.05) is 26.7 Å². The molecule has 0 aliphatic heterocycles. The van der Waals surface area contributed by atoms with E-state index in [-0.39, 0.29) is 23.4 Å². The first-order chi connectivity index (χ1) is 8.50. The maximum atomic E-state index is 11.8. The zero-order valence-corrected chi connectivity index (χ0v) is 11.3. The minimum Gasteiger partial charge on any atom is -0.505 e. The van der Waals surface area contributed by atoms with Crippen molar-refractivity contribution in [2.24, 2.45) is 5.92 Å². The fourth-order valence-electron chi connectivity index (χ4n) is 1.77. The van der Waals surface area contributed by atoms with Crippen molar-refractivity contribution in [1.82, 2.24) is 10.3 Å². The van der Waals surface area contributed by atoms with Crippen LogP contribution in [0.5, 0.6) is 5.75 Å². The summed E-state index contributed by atoms with van der Waals surface area (Å²) in [4.78, 5) is 15.7. The van der Waals surface area contributed by atoms with Gasteiger partial charge in [0.1, 0.15) is 5.75 Å². The highest BCUT2D eigenvalue weighted by Gasteiger charge is 2.14. The minimum absolute atomic E-state index is 0.0793. The average Bonchev–Trinajstić information content (AvgIpc) is 2.28. The summed E-state index contributed by atoms with van der Waals surface area (Å²) >= 11 is 0. The van der Waals surface area contributed by atoms with Gasteiger partial charge in [-0.2, -0.15) is 0 Å². The van der Waals surface area contributed by atoms with Crippen LogP contribution < -0.4 is 5.32 Å². The molecule has 1 atom stereocenters. The molecule has 1 unspecified atom stereocenters. The SMILES string of the molecule is CC(C)CCCC(C)NC(=O)c1ncccc1O. The molecule has 0 fully saturated rings. The molecule has 2 N–H and O–H groups in total. The molecule has 0 saturated carbocycles. The number of aromatic hydroxyl groups is 1. The average molecular weight is 250 g/mol. The van der Waals surface area contributed by atoms with Crippen LogP contribution >= 0.6 is 0 Å². The molecule has 0 aliphatic rings. The molecule has 0 aliphatic carbocycles. The Balaban J connectivity index is 2.43. The van der Waals surface area contributed by atoms with Gasteiger partial charge in [-0.05, 0) is 31.4 Å². The van der Waals surface area contributed by atoms with Gasteiger partial charge in [0.25, 0.3) is 5.91 Å². The van der Waals surface area contributed by atoms with E-state index in [1.54, 1.807) is 6.07 Å². The maximum Gasteiger partial charge on any atom is 0.273 e. The highest BCUT2D eigenvalue weighted by Crippen LogP contribution is 2.13. The van der Waals surface area contributed by atoms with E-state index in [1.807, 2.05) is 6.92 Å². The molecule has 1 aromatic heterocycles. The highest BCUT2D eigenvalue weighted by molar-refractivity contribution is 5.94. The Morgan fingerprint density at radius 1 is 1.39 bits per heavy atom. The number of hydrogen-bond acceptors (Lipinski definition) is 3. The normalized spacial score (nSPS) is 12.4. The summed E-state index contributed by atoms with van der Waals surface area (Å²) in [6.07, 6.45) is 4.69. The molecule has 0 radical (unpaired) electrons. The van der Waals surface area contributed by atoms with E-state index in [2.05, 4.69) is 24.1 Å². The van der Waals surface area contributed by atoms with Crippen LogP contribution in [-0.4, -0.2) is 22.0 Å². The van der Waals surface area contributed by atoms with E-state index in [9.17, 15) is 9.90 Å². The minimum atomic E-state index is -0.315. The van der Waals surface area contributed by atoms with Crippen molar-refractivity contribution in [3.05, 3.63) is 24.0 Å². The van der Waals surface area contributed by atoms with E-state index < -0.39 is 0 Å². The van der Waals surface area contributed by atoms with Gasteiger partial charge in [-0.15, -0.1) is 0 Å². The Morgan fingerprint density at radius 2 is 2.11 bits per heavy atom. The Hall–Kier alpha value is -1.58. The molecule has 1 amide bonds. The Bertz CT molecular complexity index is 391. The zero-order chi connectivity index (χ0) is 13.5. The number of hydrogen-bond donors (Lipinski definition) is 2. The summed E-state index contributed by atoms with van der Waals surface area (Å²) in [5.41, 5.74) is 0.0909. The lowest BCUT2D eigenvalue weighted by Gasteiger charge is -2.14. The van der Waals surface area contributed by atoms with Crippen LogP contribution in [0.4, 0.5) is 0 Å². The third-order valence-electron chi connectivity index (χ3n) is 2.80. The predicted molar refractivity (Wildman–Crippen MR) is 71.5 cm³/mol. The first-order valence-electron chi connectivity index (χ1n) is 6.45. The number of nitrogens with zero attached hydrogens (tertiary/aromatic N) is 1. The van der Waals surface area contributed by atoms with E-state index >= 15 is 0 Å². The van der Waals surface area contributed by atoms with Gasteiger partial charge in [0, 0.05) is 12.2 Å². The first kappa shape index (κ1) is 14.5. The van der Waals surface area contributed by atoms with Crippen molar-refractivity contribution in [2.75, 3.05) is 0 Å². The molecule has 18 heavy (non-hydrogen) atoms. The van der Waals surface area contributed by atoms with E-state index in [1.165, 1.54) is 12.3 Å². The van der Waals surface area contributed by atoms with Crippen molar-refractivity contribution in [3.63, 3.8) is 0 Å². The Morgan fingerprint density at radius 3 is 2.72 bits per heavy atom. The number of carbonyl (C=O) groups excluding carboxylic acids is 1. The summed E-state index contributed by atoms with van der Waals surface area (Å²) in [6.45, 7) is 6.35. The third-order valence-corrected chi connectivity index (χ3v) is 2.80. The largest absolute Gasteiger partial charge is 0.505 e. The molecular formula is C14H22N2O2. The summed E-state index contributed by atoms with van der Waals surface area (Å²) < 4.78 is 0. The van der Waals surface area contributed by atoms with Crippen molar-refractivity contribution >= 4 is 5.91 Å². The van der Waals surface area contributed by atoms with Gasteiger partial charge in [0.15, 0.2) is 5.69 Å². The summed E-state index contributed by atoms with van der Waals surface area (Å²) in [7, 11) is 0. The monoisotopic (exact) mass is 250 g/mol. The van der Waals surface area contributed by atoms with Gasteiger partial charge in [-0.3, -0.25) is 4.79 Å². The summed E-state index contributed by atoms with van der Waals surface area (Å²) in [5, 5.41) is 12.4. The molecule has 0 spiro atoms. The fraction of sp³-hybridized carbons (Fsp3) is 0.571. The second-order valence-electron chi connectivity index (χ2n) is 5.07. The van der Waals surface area contributed by atoms with E-state index in [0.717, 1.165) is 19.3 Å². The first-order valence-corrected chi connectivity index (χ1v) is 6.45. The lowest BCUT2D eigenvalue weighted by molar-refractivity contribution is 0.0929. The number of aromatic nitrogens is 1. The summed E-state index contributed by atoms with van der Waals surface area (Å²) in [5.74, 6) is 0.294. The highest BCUT2D eigenvalue weighted by atomic mass is 16.3. The fourth-order valence-corrected chi connectivity index (χ4v) is 1.77. The van der Waals surface area contributed by atoms with Crippen LogP contribution in [0, 0.1) is 5.92 Å². The Kier molecular flexibility index (Phi) is 5.62. The molecular weight excluding hydrogens is 228 g/mol. The van der Waals surface area contributed by atoms with Crippen LogP contribution in [0.15, 0.2) is 18.3 Å². The third kappa shape index (κ3) is 4.73. The molecule has 1 rings (SSSR count). The van der Waals surface area contributed by atoms with Crippen LogP contribution in [0.3, 0.4) is 0 Å². The van der Waals surface area contributed by atoms with Gasteiger partial charge < -0.3 is 10.4 Å². The Labute approximate surface area is 108 Å². The molecule has 0 saturated heterocycles. The maximum absolute atomic E-state index is 11.8. The van der Waals surface area contributed by atoms with Crippen LogP contribution in [0.25, 0.3) is 0 Å². The van der Waals surface area contributed by atoms with Crippen molar-refractivity contribution < 1.29 is 9.90 Å². The van der Waals surface area contributed by atoms with Gasteiger partial charge in [0.05, 0.1) is 0 Å². The zero-order valence-electron chi connectivity index (χ0n) is 11.3. The van der Waals surface area contributed by atoms with E-state index in [0.29, 0.717) is 5.92 Å². The molecule has 0 aromatic carbocycles. The van der Waals surface area contributed by atoms with Crippen molar-refractivity contribution in [2.45, 2.75) is 46.1 Å². The lowest BCUT2D eigenvalue weighted by atomic mass is 10.0. The molecule has 100 valence electrons. The van der Waals surface area contributed by atoms with Crippen LogP contribution in [0.2, 0.25) is 0 Å². The predicted octanol–water partition coefficient (Wildman–Crippen LogP) is 2.73. The smallest absolute Gasteiger partial charge is 0.273 e. The van der Waals surface area contributed by atoms with Crippen molar-refractivity contribution in [1.29, 1.82) is 0 Å². The molecule has 1 aromatic rings. The van der Waals surface area contributed by atoms with E-state index in [4.69, 9.17) is 0 Å². The van der Waals surface area contributed by atoms with Crippen LogP contribution in [-0.2, 0) is 0 Å².